The topological polar surface area (TPSA) is 96.0 Å². The second-order valence-electron chi connectivity index (χ2n) is 2.90. The number of nitrogens with two attached hydrogens (primary N) is 1. The number of hydrogen-bond acceptors (Lipinski definition) is 4. The van der Waals surface area contributed by atoms with Crippen molar-refractivity contribution < 1.29 is 8.42 Å². The minimum atomic E-state index is -3.39. The van der Waals surface area contributed by atoms with Crippen LogP contribution >= 0.6 is 0 Å². The Morgan fingerprint density at radius 3 is 2.80 bits per heavy atom. The van der Waals surface area contributed by atoms with Crippen LogP contribution in [-0.4, -0.2) is 20.7 Å². The van der Waals surface area contributed by atoms with E-state index in [1.807, 2.05) is 6.07 Å². The van der Waals surface area contributed by atoms with Crippen LogP contribution < -0.4 is 10.5 Å². The summed E-state index contributed by atoms with van der Waals surface area (Å²) in [7, 11) is -3.39. The molecule has 0 saturated heterocycles. The Balaban J connectivity index is 2.86. The van der Waals surface area contributed by atoms with Crippen molar-refractivity contribution >= 4 is 15.7 Å². The Labute approximate surface area is 88.6 Å². The fraction of sp³-hybridized carbons (Fsp3) is 0.222. The number of rotatable bonds is 4. The van der Waals surface area contributed by atoms with E-state index in [0.29, 0.717) is 11.3 Å². The molecule has 6 heteroatoms. The lowest BCUT2D eigenvalue weighted by Crippen LogP contribution is -2.22. The van der Waals surface area contributed by atoms with E-state index in [1.165, 1.54) is 6.07 Å². The summed E-state index contributed by atoms with van der Waals surface area (Å²) in [6, 6.07) is 8.18. The highest BCUT2D eigenvalue weighted by Gasteiger charge is 2.08. The van der Waals surface area contributed by atoms with Crippen molar-refractivity contribution in [1.82, 2.24) is 0 Å². The van der Waals surface area contributed by atoms with E-state index in [1.54, 1.807) is 18.2 Å². The van der Waals surface area contributed by atoms with Crippen LogP contribution in [0, 0.1) is 11.3 Å². The van der Waals surface area contributed by atoms with Gasteiger partial charge in [-0.2, -0.15) is 5.26 Å². The molecule has 0 aromatic heterocycles. The first kappa shape index (κ1) is 11.5. The Bertz CT molecular complexity index is 476. The number of nitriles is 1. The van der Waals surface area contributed by atoms with Crippen molar-refractivity contribution in [2.75, 3.05) is 17.0 Å². The lowest BCUT2D eigenvalue weighted by atomic mass is 10.2. The zero-order chi connectivity index (χ0) is 11.3. The summed E-state index contributed by atoms with van der Waals surface area (Å²) >= 11 is 0. The molecule has 0 fully saturated rings. The maximum atomic E-state index is 11.3. The third-order valence-corrected chi connectivity index (χ3v) is 2.97. The molecule has 0 aliphatic carbocycles. The molecular formula is C9H11N3O2S. The summed E-state index contributed by atoms with van der Waals surface area (Å²) < 4.78 is 25.0. The molecular weight excluding hydrogens is 214 g/mol. The van der Waals surface area contributed by atoms with E-state index in [0.717, 1.165) is 0 Å². The van der Waals surface area contributed by atoms with Gasteiger partial charge in [-0.25, -0.2) is 8.42 Å². The maximum absolute atomic E-state index is 11.3. The Hall–Kier alpha value is -1.58. The molecule has 0 aliphatic rings. The molecule has 0 spiro atoms. The molecule has 0 bridgehead atoms. The summed E-state index contributed by atoms with van der Waals surface area (Å²) in [6.07, 6.45) is 0. The van der Waals surface area contributed by atoms with Gasteiger partial charge in [-0.05, 0) is 18.2 Å². The Kier molecular flexibility index (Phi) is 3.66. The SMILES string of the molecule is N#Cc1cccc(NS(=O)(=O)CCN)c1. The smallest absolute Gasteiger partial charge is 0.233 e. The van der Waals surface area contributed by atoms with Crippen LogP contribution in [0.4, 0.5) is 5.69 Å². The number of sulfonamides is 1. The highest BCUT2D eigenvalue weighted by atomic mass is 32.2. The largest absolute Gasteiger partial charge is 0.329 e. The molecule has 1 rings (SSSR count). The number of nitrogens with one attached hydrogen (secondary N) is 1. The van der Waals surface area contributed by atoms with Gasteiger partial charge in [-0.3, -0.25) is 4.72 Å². The van der Waals surface area contributed by atoms with Crippen LogP contribution in [0.3, 0.4) is 0 Å². The number of nitrogens with zero attached hydrogens (tertiary/aromatic N) is 1. The van der Waals surface area contributed by atoms with Gasteiger partial charge in [0.25, 0.3) is 0 Å². The lowest BCUT2D eigenvalue weighted by Gasteiger charge is -2.06. The fourth-order valence-corrected chi connectivity index (χ4v) is 1.94. The van der Waals surface area contributed by atoms with E-state index < -0.39 is 10.0 Å². The van der Waals surface area contributed by atoms with Crippen molar-refractivity contribution in [1.29, 1.82) is 5.26 Å². The third-order valence-electron chi connectivity index (χ3n) is 1.65. The van der Waals surface area contributed by atoms with Crippen LogP contribution in [0.25, 0.3) is 0 Å². The third kappa shape index (κ3) is 3.58. The molecule has 0 atom stereocenters. The van der Waals surface area contributed by atoms with Crippen LogP contribution in [-0.2, 0) is 10.0 Å². The second kappa shape index (κ2) is 4.77. The van der Waals surface area contributed by atoms with Crippen molar-refractivity contribution in [3.8, 4) is 6.07 Å². The van der Waals surface area contributed by atoms with Crippen molar-refractivity contribution in [3.05, 3.63) is 29.8 Å². The first-order chi connectivity index (χ1) is 7.07. The summed E-state index contributed by atoms with van der Waals surface area (Å²) in [5.74, 6) is -0.135. The molecule has 0 aliphatic heterocycles. The first-order valence-corrected chi connectivity index (χ1v) is 5.93. The predicted octanol–water partition coefficient (Wildman–Crippen LogP) is 0.259. The van der Waals surface area contributed by atoms with Crippen molar-refractivity contribution in [2.24, 2.45) is 5.73 Å². The highest BCUT2D eigenvalue weighted by molar-refractivity contribution is 7.92. The molecule has 1 aromatic carbocycles. The fourth-order valence-electron chi connectivity index (χ4n) is 1.04. The van der Waals surface area contributed by atoms with Gasteiger partial charge in [0.15, 0.2) is 0 Å². The number of hydrogen-bond donors (Lipinski definition) is 2. The number of anilines is 1. The average Bonchev–Trinajstić information content (AvgIpc) is 2.17. The Morgan fingerprint density at radius 1 is 1.47 bits per heavy atom. The summed E-state index contributed by atoms with van der Waals surface area (Å²) in [4.78, 5) is 0. The van der Waals surface area contributed by atoms with E-state index in [-0.39, 0.29) is 12.3 Å². The first-order valence-electron chi connectivity index (χ1n) is 4.28. The zero-order valence-electron chi connectivity index (χ0n) is 7.97. The minimum Gasteiger partial charge on any atom is -0.329 e. The highest BCUT2D eigenvalue weighted by Crippen LogP contribution is 2.11. The molecule has 15 heavy (non-hydrogen) atoms. The molecule has 0 heterocycles. The van der Waals surface area contributed by atoms with Crippen LogP contribution in [0.1, 0.15) is 5.56 Å². The molecule has 0 amide bonds. The van der Waals surface area contributed by atoms with Crippen LogP contribution in [0.15, 0.2) is 24.3 Å². The van der Waals surface area contributed by atoms with Gasteiger partial charge in [-0.15, -0.1) is 0 Å². The quantitative estimate of drug-likeness (QED) is 0.768. The zero-order valence-corrected chi connectivity index (χ0v) is 8.79. The van der Waals surface area contributed by atoms with Crippen LogP contribution in [0.2, 0.25) is 0 Å². The van der Waals surface area contributed by atoms with Gasteiger partial charge < -0.3 is 5.73 Å². The minimum absolute atomic E-state index is 0.0628. The lowest BCUT2D eigenvalue weighted by molar-refractivity contribution is 0.601. The predicted molar refractivity (Wildman–Crippen MR) is 57.6 cm³/mol. The van der Waals surface area contributed by atoms with E-state index in [4.69, 9.17) is 11.0 Å². The van der Waals surface area contributed by atoms with Gasteiger partial charge >= 0.3 is 0 Å². The Morgan fingerprint density at radius 2 is 2.20 bits per heavy atom. The monoisotopic (exact) mass is 225 g/mol. The molecule has 80 valence electrons. The normalized spacial score (nSPS) is 10.7. The molecule has 0 unspecified atom stereocenters. The molecule has 0 radical (unpaired) electrons. The van der Waals surface area contributed by atoms with E-state index >= 15 is 0 Å². The number of benzene rings is 1. The summed E-state index contributed by atoms with van der Waals surface area (Å²) in [5, 5.41) is 8.62. The van der Waals surface area contributed by atoms with Gasteiger partial charge in [0.05, 0.1) is 17.4 Å². The van der Waals surface area contributed by atoms with E-state index in [9.17, 15) is 8.42 Å². The van der Waals surface area contributed by atoms with Gasteiger partial charge in [0, 0.05) is 12.2 Å². The summed E-state index contributed by atoms with van der Waals surface area (Å²) in [6.45, 7) is 0.0628. The van der Waals surface area contributed by atoms with Crippen molar-refractivity contribution in [2.45, 2.75) is 0 Å². The molecule has 0 saturated carbocycles. The standard InChI is InChI=1S/C9H11N3O2S/c10-4-5-15(13,14)12-9-3-1-2-8(6-9)7-11/h1-3,6,12H,4-5,10H2. The molecule has 1 aromatic rings. The van der Waals surface area contributed by atoms with Crippen LogP contribution in [0.5, 0.6) is 0 Å². The van der Waals surface area contributed by atoms with Gasteiger partial charge in [0.2, 0.25) is 10.0 Å². The average molecular weight is 225 g/mol. The second-order valence-corrected chi connectivity index (χ2v) is 4.74. The van der Waals surface area contributed by atoms with Gasteiger partial charge in [-0.1, -0.05) is 6.07 Å². The molecule has 5 nitrogen and oxygen atoms in total. The van der Waals surface area contributed by atoms with E-state index in [2.05, 4.69) is 4.72 Å². The molecule has 3 N–H and O–H groups in total. The summed E-state index contributed by atoms with van der Waals surface area (Å²) in [5.41, 5.74) is 5.94. The maximum Gasteiger partial charge on any atom is 0.233 e. The van der Waals surface area contributed by atoms with Gasteiger partial charge in [0.1, 0.15) is 0 Å². The van der Waals surface area contributed by atoms with Crippen molar-refractivity contribution in [3.63, 3.8) is 0 Å².